The first kappa shape index (κ1) is 6.49. The van der Waals surface area contributed by atoms with Gasteiger partial charge in [-0.25, -0.2) is 0 Å². The molecule has 1 rings (SSSR count). The molecule has 0 radical (unpaired) electrons. The van der Waals surface area contributed by atoms with Crippen molar-refractivity contribution in [2.24, 2.45) is 0 Å². The molecule has 0 aliphatic carbocycles. The van der Waals surface area contributed by atoms with Gasteiger partial charge in [0, 0.05) is 0 Å². The summed E-state index contributed by atoms with van der Waals surface area (Å²) in [6.45, 7) is 2.53. The number of rotatable bonds is 1. The first-order valence-electron chi connectivity index (χ1n) is 3.16. The van der Waals surface area contributed by atoms with Gasteiger partial charge in [-0.15, -0.1) is 0 Å². The van der Waals surface area contributed by atoms with Crippen LogP contribution in [-0.2, 0) is 9.53 Å². The molecular formula is C7H10O2. The van der Waals surface area contributed by atoms with Gasteiger partial charge in [0.25, 0.3) is 0 Å². The standard InChI is InChI=1S/C7H10O2/c1-2-7-6(8)4-3-5-9-7/h3-4,7H,2,5H2,1H3. The van der Waals surface area contributed by atoms with Crippen LogP contribution >= 0.6 is 0 Å². The fraction of sp³-hybridized carbons (Fsp3) is 0.571. The van der Waals surface area contributed by atoms with Gasteiger partial charge >= 0.3 is 0 Å². The SMILES string of the molecule is CCC1OCC=CC1=O. The molecule has 9 heavy (non-hydrogen) atoms. The minimum absolute atomic E-state index is 0.101. The van der Waals surface area contributed by atoms with Gasteiger partial charge in [0.05, 0.1) is 6.61 Å². The molecule has 0 fully saturated rings. The van der Waals surface area contributed by atoms with E-state index in [-0.39, 0.29) is 11.9 Å². The van der Waals surface area contributed by atoms with E-state index in [0.29, 0.717) is 6.61 Å². The van der Waals surface area contributed by atoms with E-state index in [2.05, 4.69) is 0 Å². The van der Waals surface area contributed by atoms with Crippen molar-refractivity contribution < 1.29 is 9.53 Å². The molecule has 0 aromatic rings. The van der Waals surface area contributed by atoms with Crippen molar-refractivity contribution in [2.75, 3.05) is 6.61 Å². The van der Waals surface area contributed by atoms with E-state index in [4.69, 9.17) is 4.74 Å². The quantitative estimate of drug-likeness (QED) is 0.522. The summed E-state index contributed by atoms with van der Waals surface area (Å²) in [5, 5.41) is 0. The summed E-state index contributed by atoms with van der Waals surface area (Å²) >= 11 is 0. The van der Waals surface area contributed by atoms with E-state index < -0.39 is 0 Å². The average Bonchev–Trinajstić information content (AvgIpc) is 1.89. The van der Waals surface area contributed by atoms with Crippen LogP contribution in [0.15, 0.2) is 12.2 Å². The summed E-state index contributed by atoms with van der Waals surface area (Å²) in [6.07, 6.45) is 3.95. The lowest BCUT2D eigenvalue weighted by Crippen LogP contribution is -2.24. The molecule has 0 aromatic carbocycles. The highest BCUT2D eigenvalue weighted by atomic mass is 16.5. The van der Waals surface area contributed by atoms with Crippen LogP contribution in [0.3, 0.4) is 0 Å². The zero-order valence-corrected chi connectivity index (χ0v) is 5.46. The lowest BCUT2D eigenvalue weighted by Gasteiger charge is -2.14. The van der Waals surface area contributed by atoms with E-state index in [0.717, 1.165) is 6.42 Å². The highest BCUT2D eigenvalue weighted by Crippen LogP contribution is 2.04. The molecule has 0 aromatic heterocycles. The molecule has 0 spiro atoms. The van der Waals surface area contributed by atoms with Crippen molar-refractivity contribution in [1.29, 1.82) is 0 Å². The maximum atomic E-state index is 10.8. The summed E-state index contributed by atoms with van der Waals surface area (Å²) in [6, 6.07) is 0. The van der Waals surface area contributed by atoms with E-state index in [1.807, 2.05) is 6.92 Å². The Bertz CT molecular complexity index is 138. The largest absolute Gasteiger partial charge is 0.366 e. The van der Waals surface area contributed by atoms with Gasteiger partial charge in [-0.1, -0.05) is 13.0 Å². The number of carbonyl (C=O) groups is 1. The second-order valence-electron chi connectivity index (χ2n) is 2.03. The Morgan fingerprint density at radius 3 is 3.11 bits per heavy atom. The van der Waals surface area contributed by atoms with Gasteiger partial charge in [-0.05, 0) is 12.5 Å². The number of ketones is 1. The Hall–Kier alpha value is -0.630. The molecular weight excluding hydrogens is 116 g/mol. The van der Waals surface area contributed by atoms with Crippen LogP contribution in [0.25, 0.3) is 0 Å². The molecule has 1 unspecified atom stereocenters. The minimum Gasteiger partial charge on any atom is -0.366 e. The molecule has 1 atom stereocenters. The molecule has 0 bridgehead atoms. The highest BCUT2D eigenvalue weighted by Gasteiger charge is 2.15. The van der Waals surface area contributed by atoms with E-state index in [1.165, 1.54) is 0 Å². The highest BCUT2D eigenvalue weighted by molar-refractivity contribution is 5.94. The zero-order valence-electron chi connectivity index (χ0n) is 5.46. The van der Waals surface area contributed by atoms with Gasteiger partial charge in [-0.2, -0.15) is 0 Å². The van der Waals surface area contributed by atoms with Gasteiger partial charge in [0.15, 0.2) is 5.78 Å². The van der Waals surface area contributed by atoms with Crippen molar-refractivity contribution in [3.05, 3.63) is 12.2 Å². The van der Waals surface area contributed by atoms with E-state index >= 15 is 0 Å². The Kier molecular flexibility index (Phi) is 2.01. The van der Waals surface area contributed by atoms with Crippen LogP contribution in [-0.4, -0.2) is 18.5 Å². The van der Waals surface area contributed by atoms with Crippen LogP contribution in [0.1, 0.15) is 13.3 Å². The van der Waals surface area contributed by atoms with E-state index in [9.17, 15) is 4.79 Å². The maximum Gasteiger partial charge on any atom is 0.184 e. The third-order valence-electron chi connectivity index (χ3n) is 1.36. The summed E-state index contributed by atoms with van der Waals surface area (Å²) in [4.78, 5) is 10.8. The van der Waals surface area contributed by atoms with E-state index in [1.54, 1.807) is 12.2 Å². The Balaban J connectivity index is 2.55. The second-order valence-corrected chi connectivity index (χ2v) is 2.03. The third kappa shape index (κ3) is 1.39. The van der Waals surface area contributed by atoms with Crippen LogP contribution in [0.5, 0.6) is 0 Å². The molecule has 0 saturated heterocycles. The predicted octanol–water partition coefficient (Wildman–Crippen LogP) is 0.920. The van der Waals surface area contributed by atoms with Crippen LogP contribution in [0.2, 0.25) is 0 Å². The molecule has 0 N–H and O–H groups in total. The monoisotopic (exact) mass is 126 g/mol. The third-order valence-corrected chi connectivity index (χ3v) is 1.36. The lowest BCUT2D eigenvalue weighted by molar-refractivity contribution is -0.126. The van der Waals surface area contributed by atoms with Gasteiger partial charge < -0.3 is 4.74 Å². The number of ether oxygens (including phenoxy) is 1. The molecule has 1 aliphatic heterocycles. The molecule has 1 heterocycles. The molecule has 1 aliphatic rings. The molecule has 0 amide bonds. The molecule has 2 heteroatoms. The minimum atomic E-state index is -0.171. The van der Waals surface area contributed by atoms with Crippen molar-refractivity contribution >= 4 is 5.78 Å². The number of hydrogen-bond donors (Lipinski definition) is 0. The Labute approximate surface area is 54.5 Å². The van der Waals surface area contributed by atoms with Crippen molar-refractivity contribution in [3.8, 4) is 0 Å². The summed E-state index contributed by atoms with van der Waals surface area (Å²) in [5.74, 6) is 0.101. The van der Waals surface area contributed by atoms with Crippen LogP contribution < -0.4 is 0 Å². The zero-order chi connectivity index (χ0) is 6.69. The van der Waals surface area contributed by atoms with Crippen LogP contribution in [0.4, 0.5) is 0 Å². The lowest BCUT2D eigenvalue weighted by atomic mass is 10.1. The predicted molar refractivity (Wildman–Crippen MR) is 34.2 cm³/mol. The topological polar surface area (TPSA) is 26.3 Å². The normalized spacial score (nSPS) is 26.8. The first-order chi connectivity index (χ1) is 4.34. The van der Waals surface area contributed by atoms with Gasteiger partial charge in [0.2, 0.25) is 0 Å². The fourth-order valence-electron chi connectivity index (χ4n) is 0.844. The van der Waals surface area contributed by atoms with Crippen molar-refractivity contribution in [2.45, 2.75) is 19.4 Å². The summed E-state index contributed by atoms with van der Waals surface area (Å²) in [7, 11) is 0. The Morgan fingerprint density at radius 2 is 2.67 bits per heavy atom. The average molecular weight is 126 g/mol. The summed E-state index contributed by atoms with van der Waals surface area (Å²) in [5.41, 5.74) is 0. The number of hydrogen-bond acceptors (Lipinski definition) is 2. The summed E-state index contributed by atoms with van der Waals surface area (Å²) < 4.78 is 5.10. The second kappa shape index (κ2) is 2.78. The smallest absolute Gasteiger partial charge is 0.184 e. The molecule has 0 saturated carbocycles. The van der Waals surface area contributed by atoms with Crippen molar-refractivity contribution in [1.82, 2.24) is 0 Å². The van der Waals surface area contributed by atoms with Gasteiger partial charge in [-0.3, -0.25) is 4.79 Å². The fourth-order valence-corrected chi connectivity index (χ4v) is 0.844. The number of carbonyl (C=O) groups excluding carboxylic acids is 1. The van der Waals surface area contributed by atoms with Crippen LogP contribution in [0, 0.1) is 0 Å². The maximum absolute atomic E-state index is 10.8. The Morgan fingerprint density at radius 1 is 1.89 bits per heavy atom. The first-order valence-corrected chi connectivity index (χ1v) is 3.16. The van der Waals surface area contributed by atoms with Gasteiger partial charge in [0.1, 0.15) is 6.10 Å². The van der Waals surface area contributed by atoms with Crippen molar-refractivity contribution in [3.63, 3.8) is 0 Å². The molecule has 2 nitrogen and oxygen atoms in total. The molecule has 50 valence electrons.